The summed E-state index contributed by atoms with van der Waals surface area (Å²) in [6.45, 7) is 3.49. The van der Waals surface area contributed by atoms with Crippen LogP contribution in [0.25, 0.3) is 6.08 Å². The number of halogens is 2. The fourth-order valence-electron chi connectivity index (χ4n) is 3.52. The molecule has 0 N–H and O–H groups in total. The van der Waals surface area contributed by atoms with Crippen LogP contribution in [0.15, 0.2) is 69.6 Å². The summed E-state index contributed by atoms with van der Waals surface area (Å²) in [6, 6.07) is 12.2. The Hall–Kier alpha value is -3.03. The van der Waals surface area contributed by atoms with Crippen LogP contribution in [0.5, 0.6) is 0 Å². The van der Waals surface area contributed by atoms with Gasteiger partial charge in [-0.2, -0.15) is 0 Å². The van der Waals surface area contributed by atoms with Gasteiger partial charge in [0.1, 0.15) is 11.9 Å². The van der Waals surface area contributed by atoms with Crippen LogP contribution in [0.3, 0.4) is 0 Å². The van der Waals surface area contributed by atoms with E-state index >= 15 is 0 Å². The van der Waals surface area contributed by atoms with Gasteiger partial charge in [0.05, 0.1) is 22.4 Å². The van der Waals surface area contributed by atoms with Gasteiger partial charge >= 0.3 is 5.97 Å². The van der Waals surface area contributed by atoms with Crippen LogP contribution in [0.2, 0.25) is 5.02 Å². The maximum absolute atomic E-state index is 14.8. The van der Waals surface area contributed by atoms with Gasteiger partial charge in [-0.1, -0.05) is 59.3 Å². The molecule has 0 aliphatic carbocycles. The normalized spacial score (nSPS) is 16.1. The zero-order valence-corrected chi connectivity index (χ0v) is 18.3. The lowest BCUT2D eigenvalue weighted by Crippen LogP contribution is -2.40. The highest BCUT2D eigenvalue weighted by Gasteiger charge is 2.34. The lowest BCUT2D eigenvalue weighted by Gasteiger charge is -2.24. The van der Waals surface area contributed by atoms with Crippen molar-refractivity contribution in [2.45, 2.75) is 19.9 Å². The Morgan fingerprint density at radius 2 is 1.97 bits per heavy atom. The molecule has 0 fully saturated rings. The Kier molecular flexibility index (Phi) is 5.89. The summed E-state index contributed by atoms with van der Waals surface area (Å²) >= 11 is 7.40. The fourth-order valence-corrected chi connectivity index (χ4v) is 4.74. The minimum absolute atomic E-state index is 0.142. The lowest BCUT2D eigenvalue weighted by molar-refractivity contribution is -0.139. The Morgan fingerprint density at radius 3 is 2.68 bits per heavy atom. The minimum Gasteiger partial charge on any atom is -0.463 e. The van der Waals surface area contributed by atoms with Crippen molar-refractivity contribution in [2.75, 3.05) is 6.61 Å². The van der Waals surface area contributed by atoms with Crippen LogP contribution in [0, 0.1) is 5.82 Å². The van der Waals surface area contributed by atoms with Gasteiger partial charge in [0.25, 0.3) is 5.56 Å². The van der Waals surface area contributed by atoms with Crippen LogP contribution in [-0.4, -0.2) is 17.1 Å². The molecule has 8 heteroatoms. The van der Waals surface area contributed by atoms with Gasteiger partial charge < -0.3 is 4.74 Å². The van der Waals surface area contributed by atoms with Crippen molar-refractivity contribution in [3.63, 3.8) is 0 Å². The average Bonchev–Trinajstić information content (AvgIpc) is 3.04. The molecule has 0 bridgehead atoms. The number of thiazole rings is 1. The fraction of sp³-hybridized carbons (Fsp3) is 0.174. The Morgan fingerprint density at radius 1 is 1.26 bits per heavy atom. The highest BCUT2D eigenvalue weighted by molar-refractivity contribution is 7.07. The molecule has 1 unspecified atom stereocenters. The zero-order chi connectivity index (χ0) is 22.1. The van der Waals surface area contributed by atoms with Gasteiger partial charge in [-0.15, -0.1) is 0 Å². The summed E-state index contributed by atoms with van der Waals surface area (Å²) in [7, 11) is 0. The van der Waals surface area contributed by atoms with Crippen molar-refractivity contribution >= 4 is 35.0 Å². The van der Waals surface area contributed by atoms with Crippen LogP contribution in [0.4, 0.5) is 4.39 Å². The van der Waals surface area contributed by atoms with Crippen molar-refractivity contribution in [3.05, 3.63) is 101 Å². The molecule has 0 radical (unpaired) electrons. The van der Waals surface area contributed by atoms with Gasteiger partial charge in [-0.05, 0) is 37.6 Å². The van der Waals surface area contributed by atoms with Crippen LogP contribution in [0.1, 0.15) is 31.0 Å². The van der Waals surface area contributed by atoms with Crippen LogP contribution in [-0.2, 0) is 9.53 Å². The van der Waals surface area contributed by atoms with Crippen LogP contribution >= 0.6 is 22.9 Å². The van der Waals surface area contributed by atoms with Crippen molar-refractivity contribution in [3.8, 4) is 0 Å². The number of fused-ring (bicyclic) bond motifs is 1. The third kappa shape index (κ3) is 3.86. The third-order valence-corrected chi connectivity index (χ3v) is 6.24. The molecule has 1 aliphatic heterocycles. The van der Waals surface area contributed by atoms with Gasteiger partial charge in [-0.3, -0.25) is 9.36 Å². The molecule has 0 amide bonds. The lowest BCUT2D eigenvalue weighted by atomic mass is 9.95. The molecule has 4 rings (SSSR count). The Labute approximate surface area is 186 Å². The van der Waals surface area contributed by atoms with E-state index in [1.807, 2.05) is 6.07 Å². The number of benzene rings is 2. The average molecular weight is 457 g/mol. The monoisotopic (exact) mass is 456 g/mol. The van der Waals surface area contributed by atoms with Crippen molar-refractivity contribution in [2.24, 2.45) is 4.99 Å². The summed E-state index contributed by atoms with van der Waals surface area (Å²) < 4.78 is 21.7. The quantitative estimate of drug-likeness (QED) is 0.564. The van der Waals surface area contributed by atoms with E-state index in [2.05, 4.69) is 4.99 Å². The minimum atomic E-state index is -0.982. The number of hydrogen-bond donors (Lipinski definition) is 0. The predicted octanol–water partition coefficient (Wildman–Crippen LogP) is 3.59. The van der Waals surface area contributed by atoms with Gasteiger partial charge in [0.15, 0.2) is 4.80 Å². The molecule has 1 aromatic heterocycles. The summed E-state index contributed by atoms with van der Waals surface area (Å²) in [6.07, 6.45) is 1.67. The first-order valence-electron chi connectivity index (χ1n) is 9.61. The summed E-state index contributed by atoms with van der Waals surface area (Å²) in [5.74, 6) is -1.15. The second-order valence-electron chi connectivity index (χ2n) is 6.85. The molecule has 2 aromatic carbocycles. The SMILES string of the molecule is CCOC(=O)C1=C(C)N=c2sc(=Cc3ccccc3Cl)c(=O)n2C1c1ccccc1F. The molecule has 158 valence electrons. The predicted molar refractivity (Wildman–Crippen MR) is 118 cm³/mol. The molecular formula is C23H18ClFN2O3S. The molecule has 3 aromatic rings. The smallest absolute Gasteiger partial charge is 0.338 e. The van der Waals surface area contributed by atoms with Crippen molar-refractivity contribution in [1.29, 1.82) is 0 Å². The Balaban J connectivity index is 2.00. The number of ether oxygens (including phenoxy) is 1. The van der Waals surface area contributed by atoms with Crippen LogP contribution < -0.4 is 14.9 Å². The number of rotatable bonds is 4. The maximum Gasteiger partial charge on any atom is 0.338 e. The van der Waals surface area contributed by atoms with E-state index in [4.69, 9.17) is 16.3 Å². The number of carbonyl (C=O) groups is 1. The molecule has 31 heavy (non-hydrogen) atoms. The number of nitrogens with zero attached hydrogens (tertiary/aromatic N) is 2. The molecule has 1 atom stereocenters. The highest BCUT2D eigenvalue weighted by Crippen LogP contribution is 2.32. The molecular weight excluding hydrogens is 439 g/mol. The largest absolute Gasteiger partial charge is 0.463 e. The maximum atomic E-state index is 14.8. The van der Waals surface area contributed by atoms with Gasteiger partial charge in [0, 0.05) is 10.6 Å². The first-order chi connectivity index (χ1) is 14.9. The summed E-state index contributed by atoms with van der Waals surface area (Å²) in [4.78, 5) is 31.0. The molecule has 5 nitrogen and oxygen atoms in total. The zero-order valence-electron chi connectivity index (χ0n) is 16.8. The molecule has 0 spiro atoms. The molecule has 2 heterocycles. The molecule has 0 saturated heterocycles. The van der Waals surface area contributed by atoms with E-state index in [0.717, 1.165) is 11.3 Å². The number of allylic oxidation sites excluding steroid dienone is 1. The number of aromatic nitrogens is 1. The topological polar surface area (TPSA) is 60.7 Å². The van der Waals surface area contributed by atoms with E-state index < -0.39 is 17.8 Å². The number of hydrogen-bond acceptors (Lipinski definition) is 5. The van der Waals surface area contributed by atoms with E-state index in [-0.39, 0.29) is 23.3 Å². The van der Waals surface area contributed by atoms with Gasteiger partial charge in [0.2, 0.25) is 0 Å². The van der Waals surface area contributed by atoms with E-state index in [9.17, 15) is 14.0 Å². The molecule has 1 aliphatic rings. The highest BCUT2D eigenvalue weighted by atomic mass is 35.5. The second kappa shape index (κ2) is 8.61. The Bertz CT molecular complexity index is 1390. The first-order valence-corrected chi connectivity index (χ1v) is 10.8. The summed E-state index contributed by atoms with van der Waals surface area (Å²) in [5.41, 5.74) is 1.02. The first kappa shape index (κ1) is 21.2. The van der Waals surface area contributed by atoms with Crippen molar-refractivity contribution in [1.82, 2.24) is 4.57 Å². The standard InChI is InChI=1S/C23H18ClFN2O3S/c1-3-30-22(29)19-13(2)26-23-27(20(19)15-9-5-7-11-17(15)25)21(28)18(31-23)12-14-8-4-6-10-16(14)24/h4-12,20H,3H2,1-2H3. The second-order valence-corrected chi connectivity index (χ2v) is 8.26. The number of carbonyl (C=O) groups excluding carboxylic acids is 1. The van der Waals surface area contributed by atoms with E-state index in [1.165, 1.54) is 10.6 Å². The van der Waals surface area contributed by atoms with E-state index in [0.29, 0.717) is 25.6 Å². The third-order valence-electron chi connectivity index (χ3n) is 4.91. The number of esters is 1. The molecule has 0 saturated carbocycles. The van der Waals surface area contributed by atoms with E-state index in [1.54, 1.807) is 56.3 Å². The van der Waals surface area contributed by atoms with Gasteiger partial charge in [-0.25, -0.2) is 14.2 Å². The van der Waals surface area contributed by atoms with Crippen molar-refractivity contribution < 1.29 is 13.9 Å². The summed E-state index contributed by atoms with van der Waals surface area (Å²) in [5, 5.41) is 0.502.